The summed E-state index contributed by atoms with van der Waals surface area (Å²) in [5.41, 5.74) is 2.24. The van der Waals surface area contributed by atoms with Gasteiger partial charge in [-0.15, -0.1) is 0 Å². The van der Waals surface area contributed by atoms with E-state index < -0.39 is 0 Å². The van der Waals surface area contributed by atoms with Crippen molar-refractivity contribution >= 4 is 79.6 Å². The van der Waals surface area contributed by atoms with Crippen molar-refractivity contribution in [3.05, 3.63) is 52.7 Å². The zero-order valence-electron chi connectivity index (χ0n) is 8.28. The molecule has 0 amide bonds. The number of halogens is 5. The Hall–Kier alpha value is 0.840. The van der Waals surface area contributed by atoms with Gasteiger partial charge in [0, 0.05) is 27.9 Å². The number of benzene rings is 2. The molecular weight excluding hydrogens is 544 g/mol. The molecule has 5 heteroatoms. The van der Waals surface area contributed by atoms with Crippen LogP contribution in [0.5, 0.6) is 0 Å². The van der Waals surface area contributed by atoms with E-state index in [2.05, 4.69) is 85.7 Å². The Morgan fingerprint density at radius 3 is 1.88 bits per heavy atom. The molecule has 0 N–H and O–H groups in total. The Morgan fingerprint density at radius 1 is 0.588 bits per heavy atom. The van der Waals surface area contributed by atoms with Crippen LogP contribution in [-0.2, 0) is 0 Å². The minimum Gasteiger partial charge on any atom is -0.0604 e. The maximum atomic E-state index is 3.61. The van der Waals surface area contributed by atoms with E-state index in [0.717, 1.165) is 33.5 Å². The van der Waals surface area contributed by atoms with Gasteiger partial charge in [0.25, 0.3) is 0 Å². The zero-order chi connectivity index (χ0) is 12.6. The fraction of sp³-hybridized carbons (Fsp3) is 0. The van der Waals surface area contributed by atoms with Gasteiger partial charge < -0.3 is 0 Å². The third-order valence-electron chi connectivity index (χ3n) is 2.26. The van der Waals surface area contributed by atoms with E-state index in [1.54, 1.807) is 0 Å². The van der Waals surface area contributed by atoms with E-state index in [4.69, 9.17) is 0 Å². The van der Waals surface area contributed by atoms with Crippen LogP contribution in [0, 0.1) is 0 Å². The van der Waals surface area contributed by atoms with E-state index in [-0.39, 0.29) is 0 Å². The second-order valence-corrected chi connectivity index (χ2v) is 7.47. The van der Waals surface area contributed by atoms with E-state index in [0.29, 0.717) is 0 Å². The summed E-state index contributed by atoms with van der Waals surface area (Å²) in [5, 5.41) is 0. The Bertz CT molecular complexity index is 577. The van der Waals surface area contributed by atoms with Gasteiger partial charge in [0.2, 0.25) is 0 Å². The topological polar surface area (TPSA) is 0 Å². The number of hydrogen-bond donors (Lipinski definition) is 0. The van der Waals surface area contributed by atoms with Crippen molar-refractivity contribution < 1.29 is 0 Å². The predicted molar refractivity (Wildman–Crippen MR) is 90.4 cm³/mol. The second-order valence-electron chi connectivity index (χ2n) is 3.32. The summed E-state index contributed by atoms with van der Waals surface area (Å²) in [6, 6.07) is 10.1. The molecule has 0 bridgehead atoms. The van der Waals surface area contributed by atoms with Gasteiger partial charge in [0.15, 0.2) is 0 Å². The van der Waals surface area contributed by atoms with Crippen LogP contribution in [0.25, 0.3) is 11.1 Å². The van der Waals surface area contributed by atoms with E-state index in [1.165, 1.54) is 0 Å². The molecule has 2 aromatic carbocycles. The van der Waals surface area contributed by atoms with Crippen LogP contribution in [0.4, 0.5) is 0 Å². The lowest BCUT2D eigenvalue weighted by Gasteiger charge is -2.12. The molecule has 0 fully saturated rings. The molecule has 17 heavy (non-hydrogen) atoms. The summed E-state index contributed by atoms with van der Waals surface area (Å²) in [6.45, 7) is 0. The van der Waals surface area contributed by atoms with Crippen molar-refractivity contribution in [3.63, 3.8) is 0 Å². The van der Waals surface area contributed by atoms with Gasteiger partial charge >= 0.3 is 0 Å². The van der Waals surface area contributed by atoms with Crippen molar-refractivity contribution in [1.82, 2.24) is 0 Å². The fourth-order valence-electron chi connectivity index (χ4n) is 1.47. The van der Waals surface area contributed by atoms with Crippen LogP contribution in [-0.4, -0.2) is 0 Å². The minimum atomic E-state index is 1.03. The Balaban J connectivity index is 2.77. The first-order valence-corrected chi connectivity index (χ1v) is 8.56. The van der Waals surface area contributed by atoms with Gasteiger partial charge in [-0.2, -0.15) is 0 Å². The highest BCUT2D eigenvalue weighted by molar-refractivity contribution is 9.13. The van der Waals surface area contributed by atoms with Gasteiger partial charge in [-0.1, -0.05) is 28.1 Å². The average molecular weight is 549 g/mol. The van der Waals surface area contributed by atoms with Crippen LogP contribution in [0.1, 0.15) is 0 Å². The number of hydrogen-bond acceptors (Lipinski definition) is 0. The Labute approximate surface area is 142 Å². The predicted octanol–water partition coefficient (Wildman–Crippen LogP) is 7.17. The third kappa shape index (κ3) is 2.89. The largest absolute Gasteiger partial charge is 0.0604 e. The van der Waals surface area contributed by atoms with Crippen LogP contribution in [0.15, 0.2) is 52.7 Å². The molecule has 0 aliphatic carbocycles. The molecule has 0 saturated heterocycles. The number of rotatable bonds is 1. The molecule has 88 valence electrons. The van der Waals surface area contributed by atoms with Crippen molar-refractivity contribution in [2.45, 2.75) is 0 Å². The summed E-state index contributed by atoms with van der Waals surface area (Å²) in [4.78, 5) is 0. The van der Waals surface area contributed by atoms with E-state index >= 15 is 0 Å². The standard InChI is InChI=1S/C12H5Br5/c13-7-4-5-9(15)12(17)10(7)6-2-1-3-8(14)11(6)16/h1-5H. The molecule has 0 aliphatic heterocycles. The SMILES string of the molecule is Brc1cccc(-c2c(Br)ccc(Br)c2Br)c1Br. The molecule has 0 aromatic heterocycles. The first-order chi connectivity index (χ1) is 8.02. The molecular formula is C12H5Br5. The quantitative estimate of drug-likeness (QED) is 0.332. The normalized spacial score (nSPS) is 10.6. The van der Waals surface area contributed by atoms with Crippen LogP contribution in [0.2, 0.25) is 0 Å². The summed E-state index contributed by atoms with van der Waals surface area (Å²) < 4.78 is 5.19. The fourth-order valence-corrected chi connectivity index (χ4v) is 4.00. The smallest absolute Gasteiger partial charge is 0.0407 e. The Kier molecular flexibility index (Phi) is 4.92. The highest BCUT2D eigenvalue weighted by Crippen LogP contribution is 2.43. The van der Waals surface area contributed by atoms with Crippen molar-refractivity contribution in [2.24, 2.45) is 0 Å². The summed E-state index contributed by atoms with van der Waals surface area (Å²) in [7, 11) is 0. The molecule has 0 nitrogen and oxygen atoms in total. The molecule has 0 spiro atoms. The molecule has 2 aromatic rings. The maximum Gasteiger partial charge on any atom is 0.0407 e. The highest BCUT2D eigenvalue weighted by Gasteiger charge is 2.14. The summed E-state index contributed by atoms with van der Waals surface area (Å²) >= 11 is 17.9. The third-order valence-corrected chi connectivity index (χ3v) is 6.99. The van der Waals surface area contributed by atoms with E-state index in [1.807, 2.05) is 24.3 Å². The van der Waals surface area contributed by atoms with Crippen LogP contribution < -0.4 is 0 Å². The monoisotopic (exact) mass is 544 g/mol. The maximum absolute atomic E-state index is 3.61. The van der Waals surface area contributed by atoms with Gasteiger partial charge in [-0.25, -0.2) is 0 Å². The molecule has 0 unspecified atom stereocenters. The molecule has 0 aliphatic rings. The average Bonchev–Trinajstić information content (AvgIpc) is 2.30. The lowest BCUT2D eigenvalue weighted by molar-refractivity contribution is 1.48. The van der Waals surface area contributed by atoms with Crippen LogP contribution in [0.3, 0.4) is 0 Å². The minimum absolute atomic E-state index is 1.03. The highest BCUT2D eigenvalue weighted by atomic mass is 79.9. The Morgan fingerprint density at radius 2 is 1.18 bits per heavy atom. The lowest BCUT2D eigenvalue weighted by Crippen LogP contribution is -1.86. The molecule has 0 radical (unpaired) electrons. The molecule has 2 rings (SSSR count). The first kappa shape index (κ1) is 14.3. The molecule has 0 atom stereocenters. The van der Waals surface area contributed by atoms with Gasteiger partial charge in [0.1, 0.15) is 0 Å². The lowest BCUT2D eigenvalue weighted by atomic mass is 10.1. The van der Waals surface area contributed by atoms with Crippen molar-refractivity contribution in [1.29, 1.82) is 0 Å². The van der Waals surface area contributed by atoms with E-state index in [9.17, 15) is 0 Å². The van der Waals surface area contributed by atoms with Gasteiger partial charge in [-0.3, -0.25) is 0 Å². The second kappa shape index (κ2) is 5.87. The molecule has 0 heterocycles. The van der Waals surface area contributed by atoms with Crippen molar-refractivity contribution in [3.8, 4) is 11.1 Å². The molecule has 0 saturated carbocycles. The van der Waals surface area contributed by atoms with Crippen molar-refractivity contribution in [2.75, 3.05) is 0 Å². The zero-order valence-corrected chi connectivity index (χ0v) is 16.2. The van der Waals surface area contributed by atoms with Gasteiger partial charge in [0.05, 0.1) is 0 Å². The van der Waals surface area contributed by atoms with Gasteiger partial charge in [-0.05, 0) is 87.5 Å². The van der Waals surface area contributed by atoms with Crippen LogP contribution >= 0.6 is 79.6 Å². The first-order valence-electron chi connectivity index (χ1n) is 4.60. The summed E-state index contributed by atoms with van der Waals surface area (Å²) in [5.74, 6) is 0. The summed E-state index contributed by atoms with van der Waals surface area (Å²) in [6.07, 6.45) is 0.